The van der Waals surface area contributed by atoms with Crippen LogP contribution in [-0.4, -0.2) is 36.1 Å². The maximum atomic E-state index is 13.0. The fourth-order valence-electron chi connectivity index (χ4n) is 4.31. The van der Waals surface area contributed by atoms with Crippen molar-refractivity contribution in [3.63, 3.8) is 0 Å². The highest BCUT2D eigenvalue weighted by Crippen LogP contribution is 2.56. The maximum Gasteiger partial charge on any atom is 0.412 e. The van der Waals surface area contributed by atoms with Gasteiger partial charge in [0.05, 0.1) is 33.6 Å². The number of nitrogens with one attached hydrogen (secondary N) is 2. The highest BCUT2D eigenvalue weighted by Gasteiger charge is 2.44. The van der Waals surface area contributed by atoms with E-state index in [0.717, 1.165) is 0 Å². The molecule has 0 bridgehead atoms. The van der Waals surface area contributed by atoms with E-state index in [1.54, 1.807) is 54.6 Å². The first kappa shape index (κ1) is 23.0. The third-order valence-electron chi connectivity index (χ3n) is 6.09. The van der Waals surface area contributed by atoms with Gasteiger partial charge in [-0.1, -0.05) is 54.6 Å². The fourth-order valence-corrected chi connectivity index (χ4v) is 7.67. The van der Waals surface area contributed by atoms with Gasteiger partial charge in [-0.05, 0) is 116 Å². The number of carbonyl (C=O) groups is 2. The van der Waals surface area contributed by atoms with Crippen LogP contribution in [0.4, 0.5) is 21.0 Å². The Kier molecular flexibility index (Phi) is 8.62. The van der Waals surface area contributed by atoms with Gasteiger partial charge in [0, 0.05) is 17.0 Å². The quantitative estimate of drug-likeness (QED) is 0.122. The van der Waals surface area contributed by atoms with E-state index in [1.807, 2.05) is 0 Å². The van der Waals surface area contributed by atoms with Crippen LogP contribution in [0.2, 0.25) is 0 Å². The van der Waals surface area contributed by atoms with Crippen molar-refractivity contribution in [3.05, 3.63) is 109 Å². The number of carbonyl (C=O) groups excluding carboxylic acids is 2. The molecular weight excluding hydrogens is 746 g/mol. The van der Waals surface area contributed by atoms with Gasteiger partial charge in [-0.15, -0.1) is 0 Å². The molecule has 0 fully saturated rings. The van der Waals surface area contributed by atoms with Crippen LogP contribution in [0, 0.1) is 0 Å². The lowest BCUT2D eigenvalue weighted by molar-refractivity contribution is -0.0000448. The number of halogens is 1. The van der Waals surface area contributed by atoms with E-state index in [1.165, 1.54) is 77.9 Å². The van der Waals surface area contributed by atoms with Gasteiger partial charge < -0.3 is 38.2 Å². The normalized spacial score (nSPS) is 17.8. The predicted octanol–water partition coefficient (Wildman–Crippen LogP) is 6.32. The molecule has 0 radical (unpaired) electrons. The highest BCUT2D eigenvalue weighted by molar-refractivity contribution is 7.95. The maximum absolute atomic E-state index is 13.0. The average molecular weight is 812 g/mol. The van der Waals surface area contributed by atoms with Crippen molar-refractivity contribution in [1.82, 2.24) is 0 Å². The molecule has 4 aromatic rings. The molecule has 0 aromatic heterocycles. The van der Waals surface area contributed by atoms with Crippen molar-refractivity contribution in [2.75, 3.05) is 23.3 Å². The van der Waals surface area contributed by atoms with Crippen LogP contribution in [0.3, 0.4) is 0 Å². The van der Waals surface area contributed by atoms with Gasteiger partial charge >= 0.3 is 12.2 Å². The second-order valence-electron chi connectivity index (χ2n) is 12.2. The SMILES string of the molecule is [2H]c1c([2H])c(OC([2H])([2H])C([2H])([2H])C([2H])([2H])C([2H])([2H])C([2H])([2H])C([2H])([2H])[P+](c2ccccc2)(c2ccccc2)c2ccccc2)c([2H])c(NC(=O)OC(C)(C)C)c1NC(=O)OC(C)(C)C.[I-]. The molecule has 0 aliphatic rings. The van der Waals surface area contributed by atoms with Gasteiger partial charge in [0.15, 0.2) is 0 Å². The average Bonchev–Trinajstić information content (AvgIpc) is 3.16. The Bertz CT molecular complexity index is 2200. The fraction of sp³-hybridized carbons (Fsp3) is 0.350. The molecule has 0 spiro atoms. The summed E-state index contributed by atoms with van der Waals surface area (Å²) in [7, 11) is -4.12. The van der Waals surface area contributed by atoms with Gasteiger partial charge in [0.1, 0.15) is 40.1 Å². The van der Waals surface area contributed by atoms with Gasteiger partial charge in [0.2, 0.25) is 0 Å². The first-order chi connectivity index (χ1) is 28.6. The molecule has 262 valence electrons. The first-order valence-electron chi connectivity index (χ1n) is 22.5. The van der Waals surface area contributed by atoms with Gasteiger partial charge in [-0.2, -0.15) is 0 Å². The van der Waals surface area contributed by atoms with E-state index in [9.17, 15) is 15.1 Å². The van der Waals surface area contributed by atoms with E-state index >= 15 is 0 Å². The van der Waals surface area contributed by atoms with E-state index in [0.29, 0.717) is 0 Å². The zero-order valence-corrected chi connectivity index (χ0v) is 31.1. The van der Waals surface area contributed by atoms with Gasteiger partial charge in [-0.3, -0.25) is 10.6 Å². The predicted molar refractivity (Wildman–Crippen MR) is 200 cm³/mol. The summed E-state index contributed by atoms with van der Waals surface area (Å²) in [5.74, 6) is -1.29. The number of hydrogen-bond donors (Lipinski definition) is 2. The summed E-state index contributed by atoms with van der Waals surface area (Å²) in [6.07, 6.45) is -22.9. The summed E-state index contributed by atoms with van der Waals surface area (Å²) >= 11 is 0. The molecule has 2 N–H and O–H groups in total. The molecule has 4 aromatic carbocycles. The first-order valence-corrected chi connectivity index (χ1v) is 16.8. The smallest absolute Gasteiger partial charge is 0.412 e. The zero-order valence-electron chi connectivity index (χ0n) is 43.0. The van der Waals surface area contributed by atoms with Crippen molar-refractivity contribution in [2.45, 2.75) is 78.2 Å². The third-order valence-corrected chi connectivity index (χ3v) is 9.75. The van der Waals surface area contributed by atoms with Crippen LogP contribution in [0.1, 0.15) is 87.6 Å². The Labute approximate surface area is 331 Å². The number of ether oxygens (including phenoxy) is 3. The standard InChI is InChI=1S/C40H49N2O5P.HI/c1-39(2,3)46-37(43)41-35-27-26-31(30-36(35)42-38(44)47-40(4,5)6)45-28-18-7-8-19-29-48(32-20-12-9-13-21-32,33-22-14-10-15-23-33)34-24-16-11-17-25-34;/h9-17,20-27,30H,7-8,18-19,28-29H2,1-6H3,(H-,41,42,43,44);1H/i7D2,8D2,18D2,19D2,26D,27D,28D2,29D2,30D;. The molecule has 2 amide bonds. The lowest BCUT2D eigenvalue weighted by atomic mass is 10.2. The zero-order chi connectivity index (χ0) is 48.0. The van der Waals surface area contributed by atoms with Gasteiger partial charge in [-0.25, -0.2) is 9.59 Å². The van der Waals surface area contributed by atoms with E-state index < -0.39 is 104 Å². The second kappa shape index (κ2) is 18.4. The van der Waals surface area contributed by atoms with Crippen molar-refractivity contribution in [1.29, 1.82) is 0 Å². The van der Waals surface area contributed by atoms with E-state index in [2.05, 4.69) is 10.6 Å². The summed E-state index contributed by atoms with van der Waals surface area (Å²) < 4.78 is 152. The minimum atomic E-state index is -4.37. The van der Waals surface area contributed by atoms with Gasteiger partial charge in [0.25, 0.3) is 0 Å². The molecule has 0 saturated heterocycles. The van der Waals surface area contributed by atoms with Crippen molar-refractivity contribution >= 4 is 46.7 Å². The minimum Gasteiger partial charge on any atom is -1.00 e. The highest BCUT2D eigenvalue weighted by atomic mass is 127. The largest absolute Gasteiger partial charge is 1.00 e. The van der Waals surface area contributed by atoms with E-state index in [-0.39, 0.29) is 39.9 Å². The minimum absolute atomic E-state index is 0. The monoisotopic (exact) mass is 811 g/mol. The number of amides is 2. The number of benzene rings is 4. The van der Waals surface area contributed by atoms with E-state index in [4.69, 9.17) is 29.3 Å². The molecule has 0 heterocycles. The number of anilines is 2. The lowest BCUT2D eigenvalue weighted by Crippen LogP contribution is -3.00. The second-order valence-corrected chi connectivity index (χ2v) is 15.3. The topological polar surface area (TPSA) is 85.9 Å². The molecule has 7 nitrogen and oxygen atoms in total. The molecule has 0 atom stereocenters. The molecule has 0 saturated carbocycles. The van der Waals surface area contributed by atoms with Crippen LogP contribution in [0.25, 0.3) is 0 Å². The van der Waals surface area contributed by atoms with Crippen LogP contribution in [0.15, 0.2) is 109 Å². The molecule has 0 aliphatic carbocycles. The van der Waals surface area contributed by atoms with Crippen LogP contribution in [0.5, 0.6) is 5.75 Å². The summed E-state index contributed by atoms with van der Waals surface area (Å²) in [6.45, 7) is 4.86. The molecular formula is C40H50IN2O5P. The van der Waals surface area contributed by atoms with Crippen LogP contribution < -0.4 is 55.3 Å². The Hall–Kier alpha value is -3.62. The number of rotatable bonds is 13. The Balaban J connectivity index is 0.0000109. The van der Waals surface area contributed by atoms with Crippen LogP contribution >= 0.6 is 7.26 Å². The Morgan fingerprint density at radius 1 is 0.653 bits per heavy atom. The summed E-state index contributed by atoms with van der Waals surface area (Å²) in [5.41, 5.74) is -3.75. The van der Waals surface area contributed by atoms with Crippen molar-refractivity contribution in [2.24, 2.45) is 0 Å². The summed E-state index contributed by atoms with van der Waals surface area (Å²) in [6, 6.07) is 20.3. The molecule has 0 aliphatic heterocycles. The summed E-state index contributed by atoms with van der Waals surface area (Å²) in [5, 5.41) is 4.99. The van der Waals surface area contributed by atoms with Crippen molar-refractivity contribution in [3.8, 4) is 5.75 Å². The third kappa shape index (κ3) is 12.3. The Morgan fingerprint density at radius 2 is 1.08 bits per heavy atom. The lowest BCUT2D eigenvalue weighted by Gasteiger charge is -2.27. The molecule has 0 unspecified atom stereocenters. The number of hydrogen-bond acceptors (Lipinski definition) is 5. The van der Waals surface area contributed by atoms with Crippen LogP contribution in [-0.2, 0) is 9.47 Å². The summed E-state index contributed by atoms with van der Waals surface area (Å²) in [4.78, 5) is 25.8. The molecule has 9 heteroatoms. The molecule has 4 rings (SSSR count). The van der Waals surface area contributed by atoms with Crippen molar-refractivity contribution < 1.29 is 68.3 Å². The molecule has 49 heavy (non-hydrogen) atoms. The Morgan fingerprint density at radius 3 is 1.53 bits per heavy atom.